The Hall–Kier alpha value is -3.09. The van der Waals surface area contributed by atoms with Gasteiger partial charge in [0.1, 0.15) is 5.82 Å². The molecule has 2 heterocycles. The van der Waals surface area contributed by atoms with Crippen molar-refractivity contribution in [2.75, 3.05) is 0 Å². The Morgan fingerprint density at radius 3 is 2.88 bits per heavy atom. The van der Waals surface area contributed by atoms with Crippen LogP contribution in [0.4, 0.5) is 4.39 Å². The van der Waals surface area contributed by atoms with Crippen LogP contribution in [0, 0.1) is 5.82 Å². The lowest BCUT2D eigenvalue weighted by atomic mass is 10.2. The third-order valence-corrected chi connectivity index (χ3v) is 3.61. The predicted molar refractivity (Wildman–Crippen MR) is 87.0 cm³/mol. The summed E-state index contributed by atoms with van der Waals surface area (Å²) in [5.74, 6) is -1.13. The Morgan fingerprint density at radius 1 is 1.33 bits per heavy atom. The molecular formula is C17H15FN4O2. The third kappa shape index (κ3) is 3.01. The zero-order valence-electron chi connectivity index (χ0n) is 13.0. The van der Waals surface area contributed by atoms with Crippen molar-refractivity contribution in [2.24, 2.45) is 0 Å². The zero-order chi connectivity index (χ0) is 17.1. The minimum Gasteiger partial charge on any atom is -0.346 e. The maximum absolute atomic E-state index is 13.5. The van der Waals surface area contributed by atoms with Gasteiger partial charge in [0.15, 0.2) is 5.69 Å². The molecule has 6 nitrogen and oxygen atoms in total. The van der Waals surface area contributed by atoms with Crippen molar-refractivity contribution in [2.45, 2.75) is 20.0 Å². The summed E-state index contributed by atoms with van der Waals surface area (Å²) in [7, 11) is 0. The van der Waals surface area contributed by atoms with Gasteiger partial charge in [-0.1, -0.05) is 6.07 Å². The van der Waals surface area contributed by atoms with Crippen molar-refractivity contribution in [3.8, 4) is 0 Å². The largest absolute Gasteiger partial charge is 0.346 e. The molecule has 3 aromatic rings. The van der Waals surface area contributed by atoms with E-state index in [0.717, 1.165) is 11.6 Å². The summed E-state index contributed by atoms with van der Waals surface area (Å²) in [5.41, 5.74) is 0.456. The molecule has 0 aliphatic heterocycles. The zero-order valence-corrected chi connectivity index (χ0v) is 13.0. The molecule has 0 aliphatic carbocycles. The topological polar surface area (TPSA) is 76.9 Å². The minimum absolute atomic E-state index is 0.137. The van der Waals surface area contributed by atoms with E-state index < -0.39 is 17.2 Å². The van der Waals surface area contributed by atoms with Gasteiger partial charge in [-0.2, -0.15) is 5.10 Å². The number of carbonyl (C=O) groups excluding carboxylic acids is 1. The second kappa shape index (κ2) is 6.57. The average Bonchev–Trinajstić information content (AvgIpc) is 2.61. The summed E-state index contributed by atoms with van der Waals surface area (Å²) in [5, 5.41) is 6.89. The molecule has 0 spiro atoms. The molecule has 0 fully saturated rings. The molecule has 0 aliphatic rings. The highest BCUT2D eigenvalue weighted by Crippen LogP contribution is 2.12. The van der Waals surface area contributed by atoms with Gasteiger partial charge in [0, 0.05) is 25.5 Å². The molecule has 0 radical (unpaired) electrons. The quantitative estimate of drug-likeness (QED) is 0.794. The molecule has 0 saturated heterocycles. The highest BCUT2D eigenvalue weighted by atomic mass is 19.1. The van der Waals surface area contributed by atoms with Crippen molar-refractivity contribution in [3.63, 3.8) is 0 Å². The molecule has 7 heteroatoms. The van der Waals surface area contributed by atoms with E-state index in [1.807, 2.05) is 6.92 Å². The van der Waals surface area contributed by atoms with Crippen molar-refractivity contribution in [1.29, 1.82) is 0 Å². The molecule has 1 amide bonds. The second-order valence-electron chi connectivity index (χ2n) is 5.20. The van der Waals surface area contributed by atoms with Gasteiger partial charge < -0.3 is 5.32 Å². The number of amides is 1. The first-order chi connectivity index (χ1) is 11.6. The van der Waals surface area contributed by atoms with Gasteiger partial charge in [-0.25, -0.2) is 4.39 Å². The Balaban J connectivity index is 1.98. The van der Waals surface area contributed by atoms with Crippen molar-refractivity contribution < 1.29 is 9.18 Å². The van der Waals surface area contributed by atoms with Crippen LogP contribution in [0.1, 0.15) is 23.0 Å². The molecule has 1 N–H and O–H groups in total. The summed E-state index contributed by atoms with van der Waals surface area (Å²) >= 11 is 0. The van der Waals surface area contributed by atoms with Crippen LogP contribution in [0.15, 0.2) is 47.5 Å². The highest BCUT2D eigenvalue weighted by Gasteiger charge is 2.17. The van der Waals surface area contributed by atoms with E-state index in [-0.39, 0.29) is 17.6 Å². The van der Waals surface area contributed by atoms with E-state index in [9.17, 15) is 14.0 Å². The third-order valence-electron chi connectivity index (χ3n) is 3.61. The van der Waals surface area contributed by atoms with Crippen LogP contribution in [0.2, 0.25) is 0 Å². The van der Waals surface area contributed by atoms with Gasteiger partial charge in [-0.3, -0.25) is 19.3 Å². The number of benzene rings is 1. The fraction of sp³-hybridized carbons (Fsp3) is 0.176. The van der Waals surface area contributed by atoms with E-state index in [0.29, 0.717) is 12.1 Å². The Bertz CT molecular complexity index is 954. The van der Waals surface area contributed by atoms with E-state index in [1.165, 1.54) is 16.8 Å². The van der Waals surface area contributed by atoms with Crippen LogP contribution >= 0.6 is 0 Å². The lowest BCUT2D eigenvalue weighted by Gasteiger charge is -2.10. The van der Waals surface area contributed by atoms with Crippen molar-refractivity contribution in [1.82, 2.24) is 20.1 Å². The first-order valence-corrected chi connectivity index (χ1v) is 7.47. The number of rotatable bonds is 4. The molecule has 1 aromatic carbocycles. The number of fused-ring (bicyclic) bond motifs is 1. The SMILES string of the molecule is CCn1nc(C(=O)NCc2cccnc2)c(=O)c2cc(F)ccc21. The molecule has 0 unspecified atom stereocenters. The molecule has 122 valence electrons. The molecular weight excluding hydrogens is 311 g/mol. The number of hydrogen-bond acceptors (Lipinski definition) is 4. The number of pyridine rings is 1. The normalized spacial score (nSPS) is 10.8. The van der Waals surface area contributed by atoms with Crippen molar-refractivity contribution in [3.05, 3.63) is 70.0 Å². The lowest BCUT2D eigenvalue weighted by Crippen LogP contribution is -2.31. The summed E-state index contributed by atoms with van der Waals surface area (Å²) in [4.78, 5) is 28.8. The van der Waals surface area contributed by atoms with E-state index >= 15 is 0 Å². The number of carbonyl (C=O) groups is 1. The summed E-state index contributed by atoms with van der Waals surface area (Å²) in [6, 6.07) is 7.43. The Morgan fingerprint density at radius 2 is 2.17 bits per heavy atom. The number of aromatic nitrogens is 3. The molecule has 0 bridgehead atoms. The lowest BCUT2D eigenvalue weighted by molar-refractivity contribution is 0.0942. The smallest absolute Gasteiger partial charge is 0.276 e. The fourth-order valence-corrected chi connectivity index (χ4v) is 2.42. The Labute approximate surface area is 137 Å². The summed E-state index contributed by atoms with van der Waals surface area (Å²) in [6.45, 7) is 2.50. The molecule has 2 aromatic heterocycles. The number of aryl methyl sites for hydroxylation is 1. The van der Waals surface area contributed by atoms with E-state index in [2.05, 4.69) is 15.4 Å². The maximum atomic E-state index is 13.5. The van der Waals surface area contributed by atoms with Crippen LogP contribution in [0.3, 0.4) is 0 Å². The van der Waals surface area contributed by atoms with Gasteiger partial charge in [-0.15, -0.1) is 0 Å². The van der Waals surface area contributed by atoms with Gasteiger partial charge in [0.2, 0.25) is 5.43 Å². The van der Waals surface area contributed by atoms with Crippen LogP contribution < -0.4 is 10.7 Å². The van der Waals surface area contributed by atoms with Gasteiger partial charge >= 0.3 is 0 Å². The van der Waals surface area contributed by atoms with Gasteiger partial charge in [0.05, 0.1) is 10.9 Å². The van der Waals surface area contributed by atoms with Crippen LogP contribution in [-0.4, -0.2) is 20.7 Å². The molecule has 3 rings (SSSR count). The van der Waals surface area contributed by atoms with Crippen LogP contribution in [0.5, 0.6) is 0 Å². The van der Waals surface area contributed by atoms with Crippen molar-refractivity contribution >= 4 is 16.8 Å². The number of nitrogens with zero attached hydrogens (tertiary/aromatic N) is 3. The fourth-order valence-electron chi connectivity index (χ4n) is 2.42. The second-order valence-corrected chi connectivity index (χ2v) is 5.20. The minimum atomic E-state index is -0.600. The number of halogens is 1. The molecule has 0 saturated carbocycles. The maximum Gasteiger partial charge on any atom is 0.276 e. The van der Waals surface area contributed by atoms with E-state index in [1.54, 1.807) is 24.5 Å². The number of nitrogens with one attached hydrogen (secondary N) is 1. The molecule has 0 atom stereocenters. The van der Waals surface area contributed by atoms with E-state index in [4.69, 9.17) is 0 Å². The monoisotopic (exact) mass is 326 g/mol. The van der Waals surface area contributed by atoms with Crippen LogP contribution in [0.25, 0.3) is 10.9 Å². The average molecular weight is 326 g/mol. The van der Waals surface area contributed by atoms with Gasteiger partial charge in [-0.05, 0) is 36.8 Å². The standard InChI is InChI=1S/C17H15FN4O2/c1-2-22-14-6-5-12(18)8-13(14)16(23)15(21-22)17(24)20-10-11-4-3-7-19-9-11/h3-9H,2,10H2,1H3,(H,20,24). The predicted octanol–water partition coefficient (Wildman–Crippen LogP) is 1.88. The number of hydrogen-bond donors (Lipinski definition) is 1. The first-order valence-electron chi connectivity index (χ1n) is 7.47. The summed E-state index contributed by atoms with van der Waals surface area (Å²) in [6.07, 6.45) is 3.25. The van der Waals surface area contributed by atoms with Crippen LogP contribution in [-0.2, 0) is 13.1 Å². The summed E-state index contributed by atoms with van der Waals surface area (Å²) < 4.78 is 15.0. The first kappa shape index (κ1) is 15.8. The van der Waals surface area contributed by atoms with Gasteiger partial charge in [0.25, 0.3) is 5.91 Å². The Kier molecular flexibility index (Phi) is 4.33. The highest BCUT2D eigenvalue weighted by molar-refractivity contribution is 5.95. The molecule has 24 heavy (non-hydrogen) atoms.